The van der Waals surface area contributed by atoms with Crippen molar-refractivity contribution in [2.75, 3.05) is 53.0 Å². The van der Waals surface area contributed by atoms with Crippen molar-refractivity contribution in [2.45, 2.75) is 6.54 Å². The van der Waals surface area contributed by atoms with Gasteiger partial charge in [0.15, 0.2) is 0 Å². The Bertz CT molecular complexity index is 651. The molecule has 1 amide bonds. The zero-order valence-electron chi connectivity index (χ0n) is 14.4. The Labute approximate surface area is 156 Å². The third-order valence-corrected chi connectivity index (χ3v) is 6.06. The Hall–Kier alpha value is -1.32. The summed E-state index contributed by atoms with van der Waals surface area (Å²) in [5.74, 6) is 0.0746. The van der Waals surface area contributed by atoms with Crippen molar-refractivity contribution in [3.05, 3.63) is 28.6 Å². The van der Waals surface area contributed by atoms with Crippen LogP contribution in [0.5, 0.6) is 0 Å². The molecule has 3 heterocycles. The van der Waals surface area contributed by atoms with Crippen LogP contribution < -0.4 is 5.32 Å². The minimum atomic E-state index is 0.0746. The second-order valence-electron chi connectivity index (χ2n) is 6.02. The molecule has 0 spiro atoms. The summed E-state index contributed by atoms with van der Waals surface area (Å²) >= 11 is 3.44. The molecule has 1 N–H and O–H groups in total. The molecule has 0 aliphatic carbocycles. The standard InChI is InChI=1S/C17H24N4O2S2/c1-23-9-4-18-16(22)12-21-7-5-20(6-8-21)11-14-13-25-17(19-14)15-3-2-10-24-15/h2-3,10,13H,4-9,11-12H2,1H3,(H,18,22). The summed E-state index contributed by atoms with van der Waals surface area (Å²) in [5, 5.41) is 8.22. The number of thiazole rings is 1. The maximum atomic E-state index is 11.8. The monoisotopic (exact) mass is 380 g/mol. The third-order valence-electron chi connectivity index (χ3n) is 4.13. The maximum Gasteiger partial charge on any atom is 0.234 e. The lowest BCUT2D eigenvalue weighted by molar-refractivity contribution is -0.122. The van der Waals surface area contributed by atoms with Gasteiger partial charge in [-0.3, -0.25) is 14.6 Å². The lowest BCUT2D eigenvalue weighted by Gasteiger charge is -2.33. The number of rotatable bonds is 8. The molecule has 136 valence electrons. The van der Waals surface area contributed by atoms with Crippen molar-refractivity contribution in [2.24, 2.45) is 0 Å². The molecule has 2 aromatic rings. The number of piperazine rings is 1. The number of nitrogens with one attached hydrogen (secondary N) is 1. The van der Waals surface area contributed by atoms with E-state index in [1.54, 1.807) is 29.8 Å². The Balaban J connectivity index is 1.40. The molecule has 0 bridgehead atoms. The van der Waals surface area contributed by atoms with E-state index in [-0.39, 0.29) is 5.91 Å². The van der Waals surface area contributed by atoms with E-state index in [0.29, 0.717) is 19.7 Å². The van der Waals surface area contributed by atoms with Crippen LogP contribution in [0.2, 0.25) is 0 Å². The number of carbonyl (C=O) groups is 1. The molecule has 25 heavy (non-hydrogen) atoms. The van der Waals surface area contributed by atoms with Gasteiger partial charge < -0.3 is 10.1 Å². The quantitative estimate of drug-likeness (QED) is 0.707. The van der Waals surface area contributed by atoms with E-state index >= 15 is 0 Å². The lowest BCUT2D eigenvalue weighted by atomic mass is 10.3. The second-order valence-corrected chi connectivity index (χ2v) is 7.82. The summed E-state index contributed by atoms with van der Waals surface area (Å²) in [5.41, 5.74) is 1.14. The van der Waals surface area contributed by atoms with Crippen LogP contribution in [0, 0.1) is 0 Å². The number of hydrogen-bond acceptors (Lipinski definition) is 7. The van der Waals surface area contributed by atoms with Gasteiger partial charge in [0.25, 0.3) is 0 Å². The van der Waals surface area contributed by atoms with E-state index < -0.39 is 0 Å². The van der Waals surface area contributed by atoms with Crippen LogP contribution in [0.25, 0.3) is 9.88 Å². The average Bonchev–Trinajstić information content (AvgIpc) is 3.28. The Morgan fingerprint density at radius 1 is 1.28 bits per heavy atom. The predicted molar refractivity (Wildman–Crippen MR) is 102 cm³/mol. The highest BCUT2D eigenvalue weighted by Gasteiger charge is 2.19. The van der Waals surface area contributed by atoms with Gasteiger partial charge in [0.05, 0.1) is 23.7 Å². The second kappa shape index (κ2) is 9.40. The molecule has 0 radical (unpaired) electrons. The van der Waals surface area contributed by atoms with E-state index in [0.717, 1.165) is 43.4 Å². The number of hydrogen-bond donors (Lipinski definition) is 1. The molecule has 0 aromatic carbocycles. The van der Waals surface area contributed by atoms with E-state index in [2.05, 4.69) is 38.0 Å². The molecular formula is C17H24N4O2S2. The Morgan fingerprint density at radius 3 is 2.80 bits per heavy atom. The minimum Gasteiger partial charge on any atom is -0.383 e. The highest BCUT2D eigenvalue weighted by Crippen LogP contribution is 2.28. The van der Waals surface area contributed by atoms with E-state index in [1.165, 1.54) is 4.88 Å². The first kappa shape index (κ1) is 18.5. The molecule has 6 nitrogen and oxygen atoms in total. The van der Waals surface area contributed by atoms with Gasteiger partial charge in [0, 0.05) is 51.8 Å². The van der Waals surface area contributed by atoms with Gasteiger partial charge in [-0.05, 0) is 11.4 Å². The first-order valence-corrected chi connectivity index (χ1v) is 10.2. The third kappa shape index (κ3) is 5.58. The Kier molecular flexibility index (Phi) is 6.94. The lowest BCUT2D eigenvalue weighted by Crippen LogP contribution is -2.49. The normalized spacial score (nSPS) is 16.2. The molecular weight excluding hydrogens is 356 g/mol. The van der Waals surface area contributed by atoms with Crippen LogP contribution in [0.3, 0.4) is 0 Å². The first-order valence-electron chi connectivity index (χ1n) is 8.43. The molecule has 8 heteroatoms. The molecule has 1 aliphatic heterocycles. The van der Waals surface area contributed by atoms with Gasteiger partial charge in [0.2, 0.25) is 5.91 Å². The summed E-state index contributed by atoms with van der Waals surface area (Å²) < 4.78 is 4.94. The fourth-order valence-corrected chi connectivity index (χ4v) is 4.40. The summed E-state index contributed by atoms with van der Waals surface area (Å²) in [4.78, 5) is 22.4. The molecule has 0 unspecified atom stereocenters. The molecule has 1 aliphatic rings. The highest BCUT2D eigenvalue weighted by molar-refractivity contribution is 7.20. The van der Waals surface area contributed by atoms with Crippen LogP contribution in [-0.4, -0.2) is 73.7 Å². The number of carbonyl (C=O) groups excluding carboxylic acids is 1. The van der Waals surface area contributed by atoms with Gasteiger partial charge >= 0.3 is 0 Å². The van der Waals surface area contributed by atoms with E-state index in [9.17, 15) is 4.79 Å². The van der Waals surface area contributed by atoms with Crippen LogP contribution >= 0.6 is 22.7 Å². The molecule has 0 atom stereocenters. The van der Waals surface area contributed by atoms with Gasteiger partial charge in [-0.1, -0.05) is 6.07 Å². The first-order chi connectivity index (χ1) is 12.2. The number of methoxy groups -OCH3 is 1. The fourth-order valence-electron chi connectivity index (χ4n) is 2.78. The maximum absolute atomic E-state index is 11.8. The molecule has 1 fully saturated rings. The highest BCUT2D eigenvalue weighted by atomic mass is 32.1. The minimum absolute atomic E-state index is 0.0746. The van der Waals surface area contributed by atoms with Gasteiger partial charge in [0.1, 0.15) is 5.01 Å². The topological polar surface area (TPSA) is 57.7 Å². The SMILES string of the molecule is COCCNC(=O)CN1CCN(Cc2csc(-c3cccs3)n2)CC1. The van der Waals surface area contributed by atoms with Crippen molar-refractivity contribution in [3.8, 4) is 9.88 Å². The van der Waals surface area contributed by atoms with Crippen molar-refractivity contribution in [3.63, 3.8) is 0 Å². The van der Waals surface area contributed by atoms with Crippen LogP contribution in [-0.2, 0) is 16.1 Å². The number of ether oxygens (including phenoxy) is 1. The smallest absolute Gasteiger partial charge is 0.234 e. The van der Waals surface area contributed by atoms with Crippen molar-refractivity contribution in [1.29, 1.82) is 0 Å². The van der Waals surface area contributed by atoms with Crippen LogP contribution in [0.1, 0.15) is 5.69 Å². The number of nitrogens with zero attached hydrogens (tertiary/aromatic N) is 3. The number of thiophene rings is 1. The van der Waals surface area contributed by atoms with Crippen molar-refractivity contribution < 1.29 is 9.53 Å². The molecule has 2 aromatic heterocycles. The molecule has 0 saturated carbocycles. The van der Waals surface area contributed by atoms with Crippen molar-refractivity contribution in [1.82, 2.24) is 20.1 Å². The van der Waals surface area contributed by atoms with Gasteiger partial charge in [-0.25, -0.2) is 4.98 Å². The van der Waals surface area contributed by atoms with Gasteiger partial charge in [-0.15, -0.1) is 22.7 Å². The fraction of sp³-hybridized carbons (Fsp3) is 0.529. The van der Waals surface area contributed by atoms with Gasteiger partial charge in [-0.2, -0.15) is 0 Å². The average molecular weight is 381 g/mol. The number of aromatic nitrogens is 1. The van der Waals surface area contributed by atoms with Crippen LogP contribution in [0.15, 0.2) is 22.9 Å². The molecule has 1 saturated heterocycles. The summed E-state index contributed by atoms with van der Waals surface area (Å²) in [7, 11) is 1.64. The summed E-state index contributed by atoms with van der Waals surface area (Å²) in [6, 6.07) is 4.18. The zero-order chi connectivity index (χ0) is 17.5. The predicted octanol–water partition coefficient (Wildman–Crippen LogP) is 1.75. The van der Waals surface area contributed by atoms with E-state index in [4.69, 9.17) is 9.72 Å². The summed E-state index contributed by atoms with van der Waals surface area (Å²) in [6.45, 7) is 6.26. The van der Waals surface area contributed by atoms with Crippen molar-refractivity contribution >= 4 is 28.6 Å². The van der Waals surface area contributed by atoms with Crippen LogP contribution in [0.4, 0.5) is 0 Å². The zero-order valence-corrected chi connectivity index (χ0v) is 16.1. The largest absolute Gasteiger partial charge is 0.383 e. The number of amides is 1. The Morgan fingerprint density at radius 2 is 2.08 bits per heavy atom. The molecule has 3 rings (SSSR count). The summed E-state index contributed by atoms with van der Waals surface area (Å²) in [6.07, 6.45) is 0. The van der Waals surface area contributed by atoms with E-state index in [1.807, 2.05) is 0 Å².